The van der Waals surface area contributed by atoms with Crippen molar-refractivity contribution in [3.05, 3.63) is 0 Å². The summed E-state index contributed by atoms with van der Waals surface area (Å²) in [5, 5.41) is 0. The Bertz CT molecular complexity index is 274. The van der Waals surface area contributed by atoms with Crippen LogP contribution in [0.4, 0.5) is 0 Å². The first kappa shape index (κ1) is 13.0. The summed E-state index contributed by atoms with van der Waals surface area (Å²) in [6.45, 7) is 5.48. The minimum Gasteiger partial charge on any atom is -0.465 e. The lowest BCUT2D eigenvalue weighted by Crippen LogP contribution is -2.41. The number of carbonyl (C=O) groups excluding carboxylic acids is 2. The van der Waals surface area contributed by atoms with Crippen LogP contribution in [0.5, 0.6) is 0 Å². The summed E-state index contributed by atoms with van der Waals surface area (Å²) in [7, 11) is 0. The van der Waals surface area contributed by atoms with Gasteiger partial charge in [0.05, 0.1) is 6.61 Å². The predicted octanol–water partition coefficient (Wildman–Crippen LogP) is 2.06. The molecule has 2 atom stereocenters. The van der Waals surface area contributed by atoms with E-state index < -0.39 is 5.41 Å². The quantitative estimate of drug-likeness (QED) is 0.691. The van der Waals surface area contributed by atoms with E-state index in [-0.39, 0.29) is 18.0 Å². The predicted molar refractivity (Wildman–Crippen MR) is 58.8 cm³/mol. The van der Waals surface area contributed by atoms with Gasteiger partial charge in [-0.05, 0) is 32.6 Å². The van der Waals surface area contributed by atoms with Crippen molar-refractivity contribution in [2.75, 3.05) is 6.61 Å². The highest BCUT2D eigenvalue weighted by molar-refractivity contribution is 5.79. The van der Waals surface area contributed by atoms with Crippen LogP contribution in [0.2, 0.25) is 0 Å². The first-order valence-corrected chi connectivity index (χ1v) is 5.91. The van der Waals surface area contributed by atoms with Gasteiger partial charge in [0, 0.05) is 6.92 Å². The van der Waals surface area contributed by atoms with Crippen LogP contribution < -0.4 is 0 Å². The van der Waals surface area contributed by atoms with E-state index in [0.717, 1.165) is 19.3 Å². The molecular formula is C12H20O4. The summed E-state index contributed by atoms with van der Waals surface area (Å²) in [5.41, 5.74) is -0.609. The molecule has 4 heteroatoms. The van der Waals surface area contributed by atoms with E-state index in [1.165, 1.54) is 6.92 Å². The van der Waals surface area contributed by atoms with E-state index in [0.29, 0.717) is 13.0 Å². The maximum atomic E-state index is 12.0. The third-order valence-corrected chi connectivity index (χ3v) is 3.33. The Morgan fingerprint density at radius 2 is 2.06 bits per heavy atom. The Labute approximate surface area is 96.3 Å². The fourth-order valence-corrected chi connectivity index (χ4v) is 2.47. The Hall–Kier alpha value is -1.06. The molecule has 0 N–H and O–H groups in total. The number of ether oxygens (including phenoxy) is 2. The first-order valence-electron chi connectivity index (χ1n) is 5.91. The van der Waals surface area contributed by atoms with Crippen molar-refractivity contribution in [2.45, 2.75) is 52.6 Å². The molecule has 4 nitrogen and oxygen atoms in total. The van der Waals surface area contributed by atoms with Crippen LogP contribution >= 0.6 is 0 Å². The van der Waals surface area contributed by atoms with E-state index in [4.69, 9.17) is 9.47 Å². The van der Waals surface area contributed by atoms with Gasteiger partial charge < -0.3 is 9.47 Å². The smallest absolute Gasteiger partial charge is 0.315 e. The highest BCUT2D eigenvalue weighted by atomic mass is 16.6. The van der Waals surface area contributed by atoms with Crippen LogP contribution in [-0.4, -0.2) is 24.6 Å². The molecule has 1 aliphatic rings. The normalized spacial score (nSPS) is 28.8. The topological polar surface area (TPSA) is 52.6 Å². The second kappa shape index (κ2) is 5.32. The highest BCUT2D eigenvalue weighted by Gasteiger charge is 2.50. The molecule has 0 radical (unpaired) electrons. The highest BCUT2D eigenvalue weighted by Crippen LogP contribution is 2.44. The second-order valence-corrected chi connectivity index (χ2v) is 4.22. The molecule has 1 rings (SSSR count). The average Bonchev–Trinajstić information content (AvgIpc) is 2.61. The number of hydrogen-bond acceptors (Lipinski definition) is 4. The molecular weight excluding hydrogens is 208 g/mol. The zero-order valence-corrected chi connectivity index (χ0v) is 10.2. The van der Waals surface area contributed by atoms with Crippen LogP contribution in [0.25, 0.3) is 0 Å². The monoisotopic (exact) mass is 228 g/mol. The maximum Gasteiger partial charge on any atom is 0.315 e. The summed E-state index contributed by atoms with van der Waals surface area (Å²) >= 11 is 0. The van der Waals surface area contributed by atoms with Gasteiger partial charge >= 0.3 is 11.9 Å². The molecule has 1 fully saturated rings. The Morgan fingerprint density at radius 3 is 2.56 bits per heavy atom. The van der Waals surface area contributed by atoms with Crippen molar-refractivity contribution in [2.24, 2.45) is 5.41 Å². The third-order valence-electron chi connectivity index (χ3n) is 3.33. The molecule has 0 aromatic heterocycles. The zero-order valence-electron chi connectivity index (χ0n) is 10.2. The molecule has 1 saturated carbocycles. The van der Waals surface area contributed by atoms with E-state index in [1.807, 2.05) is 6.92 Å². The molecule has 0 aromatic rings. The molecule has 0 aliphatic heterocycles. The van der Waals surface area contributed by atoms with Crippen molar-refractivity contribution in [3.63, 3.8) is 0 Å². The number of carbonyl (C=O) groups is 2. The fraction of sp³-hybridized carbons (Fsp3) is 0.833. The lowest BCUT2D eigenvalue weighted by atomic mass is 9.81. The summed E-state index contributed by atoms with van der Waals surface area (Å²) < 4.78 is 10.3. The standard InChI is InChI=1S/C12H20O4/c1-4-12(11(14)15-5-2)8-6-7-10(12)16-9(3)13/h10H,4-8H2,1-3H3. The van der Waals surface area contributed by atoms with E-state index in [1.54, 1.807) is 6.92 Å². The minimum absolute atomic E-state index is 0.221. The summed E-state index contributed by atoms with van der Waals surface area (Å²) in [5.74, 6) is -0.546. The van der Waals surface area contributed by atoms with E-state index >= 15 is 0 Å². The molecule has 1 aliphatic carbocycles. The second-order valence-electron chi connectivity index (χ2n) is 4.22. The molecule has 0 amide bonds. The van der Waals surface area contributed by atoms with Crippen molar-refractivity contribution in [3.8, 4) is 0 Å². The van der Waals surface area contributed by atoms with Gasteiger partial charge in [-0.1, -0.05) is 6.92 Å². The van der Waals surface area contributed by atoms with Crippen LogP contribution in [-0.2, 0) is 19.1 Å². The van der Waals surface area contributed by atoms with Gasteiger partial charge in [-0.3, -0.25) is 9.59 Å². The van der Waals surface area contributed by atoms with Gasteiger partial charge in [-0.2, -0.15) is 0 Å². The van der Waals surface area contributed by atoms with E-state index in [2.05, 4.69) is 0 Å². The third kappa shape index (κ3) is 2.36. The van der Waals surface area contributed by atoms with Gasteiger partial charge in [-0.15, -0.1) is 0 Å². The van der Waals surface area contributed by atoms with Gasteiger partial charge in [0.1, 0.15) is 11.5 Å². The summed E-state index contributed by atoms with van der Waals surface area (Å²) in [4.78, 5) is 23.0. The molecule has 2 unspecified atom stereocenters. The zero-order chi connectivity index (χ0) is 12.2. The van der Waals surface area contributed by atoms with Gasteiger partial charge in [-0.25, -0.2) is 0 Å². The van der Waals surface area contributed by atoms with Gasteiger partial charge in [0.2, 0.25) is 0 Å². The lowest BCUT2D eigenvalue weighted by Gasteiger charge is -2.31. The lowest BCUT2D eigenvalue weighted by molar-refractivity contribution is -0.169. The van der Waals surface area contributed by atoms with Crippen molar-refractivity contribution < 1.29 is 19.1 Å². The van der Waals surface area contributed by atoms with Crippen molar-refractivity contribution >= 4 is 11.9 Å². The molecule has 0 spiro atoms. The Kier molecular flexibility index (Phi) is 4.33. The molecule has 0 heterocycles. The Morgan fingerprint density at radius 1 is 1.38 bits per heavy atom. The number of rotatable bonds is 4. The molecule has 0 saturated heterocycles. The van der Waals surface area contributed by atoms with E-state index in [9.17, 15) is 9.59 Å². The average molecular weight is 228 g/mol. The fourth-order valence-electron chi connectivity index (χ4n) is 2.47. The molecule has 16 heavy (non-hydrogen) atoms. The maximum absolute atomic E-state index is 12.0. The SMILES string of the molecule is CCOC(=O)C1(CC)CCCC1OC(C)=O. The van der Waals surface area contributed by atoms with Crippen molar-refractivity contribution in [1.82, 2.24) is 0 Å². The summed E-state index contributed by atoms with van der Waals surface area (Å²) in [6, 6.07) is 0. The van der Waals surface area contributed by atoms with Gasteiger partial charge in [0.15, 0.2) is 0 Å². The van der Waals surface area contributed by atoms with Crippen LogP contribution in [0.15, 0.2) is 0 Å². The Balaban J connectivity index is 2.83. The molecule has 0 aromatic carbocycles. The van der Waals surface area contributed by atoms with Crippen LogP contribution in [0, 0.1) is 5.41 Å². The number of hydrogen-bond donors (Lipinski definition) is 0. The number of esters is 2. The minimum atomic E-state index is -0.609. The molecule has 0 bridgehead atoms. The largest absolute Gasteiger partial charge is 0.465 e. The van der Waals surface area contributed by atoms with Gasteiger partial charge in [0.25, 0.3) is 0 Å². The van der Waals surface area contributed by atoms with Crippen LogP contribution in [0.1, 0.15) is 46.5 Å². The van der Waals surface area contributed by atoms with Crippen molar-refractivity contribution in [1.29, 1.82) is 0 Å². The molecule has 92 valence electrons. The van der Waals surface area contributed by atoms with Crippen LogP contribution in [0.3, 0.4) is 0 Å². The summed E-state index contributed by atoms with van der Waals surface area (Å²) in [6.07, 6.45) is 2.76. The first-order chi connectivity index (χ1) is 7.56.